The smallest absolute Gasteiger partial charge is 0.411 e. The molecule has 1 atom stereocenters. The molecule has 7 N–H and O–H groups in total. The minimum absolute atomic E-state index is 0. The highest BCUT2D eigenvalue weighted by atomic mass is 35.5. The SMILES string of the molecule is Cl.NCC1CCC(C(=O)N[C@@H](Cc2ccc(-c3ccc4c(c3)CNC4=O)cc2)C(=O)Nc2ccc(-c3n[nH]c(C(F)(F)C(F)(F)C(=O)O)n3)cc2)CC1. The van der Waals surface area contributed by atoms with Crippen LogP contribution in [0.25, 0.3) is 22.5 Å². The van der Waals surface area contributed by atoms with E-state index in [0.29, 0.717) is 37.4 Å². The van der Waals surface area contributed by atoms with Crippen LogP contribution in [-0.2, 0) is 33.3 Å². The standard InChI is InChI=1S/C36H35F4N7O5.ClH/c37-35(38,36(39,40)34(51)52)33-45-29(46-47-33)22-9-12-26(13-10-22)43-32(50)28(44-30(48)23-7-3-20(17-41)4-8-23)15-19-1-5-21(6-2-19)24-11-14-27-25(16-24)18-42-31(27)49;/h1-2,5-6,9-14,16,20,23,28H,3-4,7-8,15,17-18,41H2,(H,42,49)(H,43,50)(H,44,48)(H,51,52)(H,45,46,47);1H/t20?,23?,28-;/m0./s1. The number of nitrogens with two attached hydrogens (primary N) is 1. The number of amides is 3. The fraction of sp³-hybridized carbons (Fsp3) is 0.333. The molecule has 53 heavy (non-hydrogen) atoms. The van der Waals surface area contributed by atoms with Crippen LogP contribution < -0.4 is 21.7 Å². The average molecular weight is 758 g/mol. The number of alkyl halides is 4. The summed E-state index contributed by atoms with van der Waals surface area (Å²) >= 11 is 0. The molecule has 0 bridgehead atoms. The van der Waals surface area contributed by atoms with Gasteiger partial charge in [-0.1, -0.05) is 30.3 Å². The number of carboxylic acids is 1. The van der Waals surface area contributed by atoms with E-state index in [1.165, 1.54) is 24.3 Å². The number of H-pyrrole nitrogens is 1. The molecule has 1 saturated carbocycles. The van der Waals surface area contributed by atoms with E-state index >= 15 is 0 Å². The van der Waals surface area contributed by atoms with E-state index in [1.807, 2.05) is 36.4 Å². The highest BCUT2D eigenvalue weighted by Gasteiger charge is 2.65. The Kier molecular flexibility index (Phi) is 11.5. The monoisotopic (exact) mass is 757 g/mol. The first-order valence-electron chi connectivity index (χ1n) is 16.6. The number of carbonyl (C=O) groups excluding carboxylic acids is 3. The number of carboxylic acid groups (broad SMARTS) is 1. The molecule has 1 aliphatic heterocycles. The predicted molar refractivity (Wildman–Crippen MR) is 187 cm³/mol. The molecule has 17 heteroatoms. The first-order chi connectivity index (χ1) is 24.8. The molecule has 1 aliphatic carbocycles. The zero-order valence-corrected chi connectivity index (χ0v) is 28.8. The molecule has 2 aliphatic rings. The van der Waals surface area contributed by atoms with Gasteiger partial charge in [0.15, 0.2) is 5.82 Å². The lowest BCUT2D eigenvalue weighted by molar-refractivity contribution is -0.231. The molecule has 280 valence electrons. The zero-order chi connectivity index (χ0) is 37.2. The Balaban J connectivity index is 0.00000541. The van der Waals surface area contributed by atoms with Crippen molar-refractivity contribution >= 4 is 41.8 Å². The van der Waals surface area contributed by atoms with Crippen LogP contribution in [0.3, 0.4) is 0 Å². The maximum Gasteiger partial charge on any atom is 0.411 e. The second-order valence-corrected chi connectivity index (χ2v) is 13.0. The number of hydrogen-bond donors (Lipinski definition) is 6. The summed E-state index contributed by atoms with van der Waals surface area (Å²) in [7, 11) is 0. The van der Waals surface area contributed by atoms with Crippen molar-refractivity contribution < 1.29 is 41.8 Å². The molecule has 1 fully saturated rings. The minimum Gasteiger partial charge on any atom is -0.477 e. The van der Waals surface area contributed by atoms with E-state index in [9.17, 15) is 36.7 Å². The van der Waals surface area contributed by atoms with Crippen molar-refractivity contribution in [1.29, 1.82) is 0 Å². The van der Waals surface area contributed by atoms with Crippen LogP contribution in [0.1, 0.15) is 53.0 Å². The van der Waals surface area contributed by atoms with Crippen LogP contribution in [-0.4, -0.2) is 62.5 Å². The zero-order valence-electron chi connectivity index (χ0n) is 28.0. The number of benzene rings is 3. The van der Waals surface area contributed by atoms with Crippen LogP contribution in [0, 0.1) is 11.8 Å². The highest BCUT2D eigenvalue weighted by molar-refractivity contribution is 5.99. The molecule has 12 nitrogen and oxygen atoms in total. The number of rotatable bonds is 12. The molecule has 0 saturated heterocycles. The van der Waals surface area contributed by atoms with Crippen molar-refractivity contribution in [1.82, 2.24) is 25.8 Å². The largest absolute Gasteiger partial charge is 0.477 e. The molecule has 0 radical (unpaired) electrons. The molecule has 3 amide bonds. The summed E-state index contributed by atoms with van der Waals surface area (Å²) < 4.78 is 55.6. The Morgan fingerprint density at radius 3 is 2.21 bits per heavy atom. The summed E-state index contributed by atoms with van der Waals surface area (Å²) in [6, 6.07) is 17.7. The third kappa shape index (κ3) is 8.18. The van der Waals surface area contributed by atoms with E-state index in [0.717, 1.165) is 35.1 Å². The molecule has 1 aromatic heterocycles. The summed E-state index contributed by atoms with van der Waals surface area (Å²) in [6.07, 6.45) is 3.11. The number of hydrogen-bond acceptors (Lipinski definition) is 7. The fourth-order valence-corrected chi connectivity index (χ4v) is 6.39. The molecule has 0 spiro atoms. The number of aliphatic carboxylic acids is 1. The van der Waals surface area contributed by atoms with Crippen LogP contribution in [0.5, 0.6) is 0 Å². The molecule has 2 heterocycles. The average Bonchev–Trinajstić information content (AvgIpc) is 3.79. The van der Waals surface area contributed by atoms with E-state index in [4.69, 9.17) is 10.8 Å². The van der Waals surface area contributed by atoms with Gasteiger partial charge in [-0.2, -0.15) is 22.7 Å². The summed E-state index contributed by atoms with van der Waals surface area (Å²) in [6.45, 7) is 1.02. The molecular weight excluding hydrogens is 722 g/mol. The molecular formula is C36H36ClF4N7O5. The topological polar surface area (TPSA) is 192 Å². The Morgan fingerprint density at radius 1 is 0.925 bits per heavy atom. The Bertz CT molecular complexity index is 1980. The molecule has 0 unspecified atom stereocenters. The molecule has 3 aromatic carbocycles. The van der Waals surface area contributed by atoms with Crippen LogP contribution in [0.15, 0.2) is 66.7 Å². The number of anilines is 1. The summed E-state index contributed by atoms with van der Waals surface area (Å²) in [4.78, 5) is 53.1. The number of fused-ring (bicyclic) bond motifs is 1. The first kappa shape index (κ1) is 38.9. The second-order valence-electron chi connectivity index (χ2n) is 13.0. The van der Waals surface area contributed by atoms with Crippen molar-refractivity contribution in [3.63, 3.8) is 0 Å². The van der Waals surface area contributed by atoms with E-state index in [2.05, 4.69) is 26.0 Å². The molecule has 4 aromatic rings. The number of nitrogens with one attached hydrogen (secondary N) is 4. The summed E-state index contributed by atoms with van der Waals surface area (Å²) in [5.74, 6) is -16.4. The van der Waals surface area contributed by atoms with E-state index < -0.39 is 41.4 Å². The number of nitrogens with zero attached hydrogens (tertiary/aromatic N) is 2. The number of aromatic nitrogens is 3. The third-order valence-corrected chi connectivity index (χ3v) is 9.56. The highest BCUT2D eigenvalue weighted by Crippen LogP contribution is 2.42. The summed E-state index contributed by atoms with van der Waals surface area (Å²) in [5.41, 5.74) is 10.4. The predicted octanol–water partition coefficient (Wildman–Crippen LogP) is 5.05. The van der Waals surface area contributed by atoms with Gasteiger partial charge < -0.3 is 26.8 Å². The minimum atomic E-state index is -5.43. The number of aromatic amines is 1. The van der Waals surface area contributed by atoms with Crippen molar-refractivity contribution in [3.05, 3.63) is 89.2 Å². The Labute approximate surface area is 306 Å². The van der Waals surface area contributed by atoms with Crippen molar-refractivity contribution in [2.75, 3.05) is 11.9 Å². The van der Waals surface area contributed by atoms with Gasteiger partial charge in [0.2, 0.25) is 17.6 Å². The van der Waals surface area contributed by atoms with Gasteiger partial charge >= 0.3 is 17.8 Å². The van der Waals surface area contributed by atoms with Gasteiger partial charge in [0, 0.05) is 35.7 Å². The maximum absolute atomic E-state index is 14.2. The number of carbonyl (C=O) groups is 4. The summed E-state index contributed by atoms with van der Waals surface area (Å²) in [5, 5.41) is 22.2. The van der Waals surface area contributed by atoms with Crippen LogP contribution >= 0.6 is 12.4 Å². The number of halogens is 5. The lowest BCUT2D eigenvalue weighted by Crippen LogP contribution is -2.48. The fourth-order valence-electron chi connectivity index (χ4n) is 6.39. The second kappa shape index (κ2) is 15.7. The van der Waals surface area contributed by atoms with Crippen LogP contribution in [0.4, 0.5) is 23.2 Å². The quantitative estimate of drug-likeness (QED) is 0.108. The van der Waals surface area contributed by atoms with E-state index in [1.54, 1.807) is 11.2 Å². The first-order valence-corrected chi connectivity index (χ1v) is 16.6. The van der Waals surface area contributed by atoms with Gasteiger partial charge in [-0.25, -0.2) is 9.78 Å². The lowest BCUT2D eigenvalue weighted by atomic mass is 9.81. The van der Waals surface area contributed by atoms with Crippen molar-refractivity contribution in [3.8, 4) is 22.5 Å². The van der Waals surface area contributed by atoms with Crippen molar-refractivity contribution in [2.45, 2.75) is 56.5 Å². The van der Waals surface area contributed by atoms with Gasteiger partial charge in [-0.3, -0.25) is 19.5 Å². The van der Waals surface area contributed by atoms with Gasteiger partial charge in [0.05, 0.1) is 0 Å². The van der Waals surface area contributed by atoms with Crippen LogP contribution in [0.2, 0.25) is 0 Å². The van der Waals surface area contributed by atoms with Gasteiger partial charge in [0.25, 0.3) is 5.91 Å². The normalized spacial score (nSPS) is 17.6. The van der Waals surface area contributed by atoms with Gasteiger partial charge in [-0.05, 0) is 96.8 Å². The van der Waals surface area contributed by atoms with Gasteiger partial charge in [0.1, 0.15) is 6.04 Å². The Hall–Kier alpha value is -5.35. The lowest BCUT2D eigenvalue weighted by Gasteiger charge is -2.28. The van der Waals surface area contributed by atoms with E-state index in [-0.39, 0.29) is 47.8 Å². The van der Waals surface area contributed by atoms with Gasteiger partial charge in [-0.15, -0.1) is 12.4 Å². The third-order valence-electron chi connectivity index (χ3n) is 9.56. The Morgan fingerprint density at radius 2 is 1.57 bits per heavy atom. The maximum atomic E-state index is 14.2. The van der Waals surface area contributed by atoms with Crippen molar-refractivity contribution in [2.24, 2.45) is 17.6 Å². The molecule has 6 rings (SSSR count).